The van der Waals surface area contributed by atoms with Gasteiger partial charge in [-0.1, -0.05) is 12.1 Å². The average Bonchev–Trinajstić information content (AvgIpc) is 3.28. The van der Waals surface area contributed by atoms with Gasteiger partial charge < -0.3 is 19.5 Å². The number of aliphatic hydroxyl groups excluding tert-OH is 1. The lowest BCUT2D eigenvalue weighted by atomic mass is 9.95. The predicted molar refractivity (Wildman–Crippen MR) is 125 cm³/mol. The number of benzene rings is 1. The number of ketones is 1. The van der Waals surface area contributed by atoms with Crippen molar-refractivity contribution in [3.05, 3.63) is 56.7 Å². The molecule has 3 heterocycles. The molecule has 2 aliphatic heterocycles. The van der Waals surface area contributed by atoms with Crippen LogP contribution in [0.5, 0.6) is 5.75 Å². The monoisotopic (exact) mass is 471 g/mol. The van der Waals surface area contributed by atoms with Crippen molar-refractivity contribution in [2.45, 2.75) is 26.8 Å². The smallest absolute Gasteiger partial charge is 0.290 e. The highest BCUT2D eigenvalue weighted by Crippen LogP contribution is 2.40. The molecule has 1 atom stereocenters. The second-order valence-electron chi connectivity index (χ2n) is 8.10. The van der Waals surface area contributed by atoms with Crippen molar-refractivity contribution in [3.8, 4) is 5.75 Å². The van der Waals surface area contributed by atoms with E-state index < -0.39 is 17.7 Å². The molecule has 1 fully saturated rings. The van der Waals surface area contributed by atoms with Crippen LogP contribution in [-0.2, 0) is 9.53 Å². The van der Waals surface area contributed by atoms with Crippen molar-refractivity contribution in [2.24, 2.45) is 0 Å². The Bertz CT molecular complexity index is 1060. The molecule has 0 radical (unpaired) electrons. The molecule has 2 aliphatic rings. The van der Waals surface area contributed by atoms with Gasteiger partial charge in [0.05, 0.1) is 47.0 Å². The summed E-state index contributed by atoms with van der Waals surface area (Å²) >= 11 is 1.28. The number of rotatable bonds is 8. The SMILES string of the molecule is CCOc1ccc([C@H]2C(C(=O)c3sc(C)nc3C)=C(O)C(=O)N2CCN2CCOCC2)cc1. The Balaban J connectivity index is 1.68. The van der Waals surface area contributed by atoms with Crippen LogP contribution >= 0.6 is 11.3 Å². The third-order valence-corrected chi connectivity index (χ3v) is 7.00. The Hall–Kier alpha value is -2.75. The largest absolute Gasteiger partial charge is 0.503 e. The molecular formula is C24H29N3O5S. The summed E-state index contributed by atoms with van der Waals surface area (Å²) in [5.41, 5.74) is 1.46. The molecule has 33 heavy (non-hydrogen) atoms. The van der Waals surface area contributed by atoms with Crippen LogP contribution in [0.4, 0.5) is 0 Å². The Morgan fingerprint density at radius 3 is 2.52 bits per heavy atom. The number of Topliss-reactive ketones (excluding diaryl/α,β-unsaturated/α-hetero) is 1. The molecule has 8 nitrogen and oxygen atoms in total. The summed E-state index contributed by atoms with van der Waals surface area (Å²) in [6, 6.07) is 6.66. The summed E-state index contributed by atoms with van der Waals surface area (Å²) in [7, 11) is 0. The molecule has 1 saturated heterocycles. The molecule has 1 amide bonds. The number of ether oxygens (including phenoxy) is 2. The summed E-state index contributed by atoms with van der Waals surface area (Å²) in [5, 5.41) is 11.6. The Morgan fingerprint density at radius 2 is 1.91 bits per heavy atom. The molecule has 4 rings (SSSR count). The van der Waals surface area contributed by atoms with E-state index in [9.17, 15) is 14.7 Å². The number of hydrogen-bond acceptors (Lipinski definition) is 8. The number of carbonyl (C=O) groups excluding carboxylic acids is 2. The van der Waals surface area contributed by atoms with E-state index in [4.69, 9.17) is 9.47 Å². The predicted octanol–water partition coefficient (Wildman–Crippen LogP) is 3.07. The second kappa shape index (κ2) is 10.0. The second-order valence-corrected chi connectivity index (χ2v) is 9.30. The van der Waals surface area contributed by atoms with Gasteiger partial charge in [0.25, 0.3) is 5.91 Å². The van der Waals surface area contributed by atoms with Gasteiger partial charge in [0.1, 0.15) is 5.75 Å². The van der Waals surface area contributed by atoms with Crippen molar-refractivity contribution >= 4 is 23.0 Å². The molecular weight excluding hydrogens is 442 g/mol. The Labute approximate surface area is 197 Å². The molecule has 0 bridgehead atoms. The van der Waals surface area contributed by atoms with Crippen molar-refractivity contribution < 1.29 is 24.2 Å². The van der Waals surface area contributed by atoms with Gasteiger partial charge in [-0.15, -0.1) is 11.3 Å². The highest BCUT2D eigenvalue weighted by molar-refractivity contribution is 7.14. The highest BCUT2D eigenvalue weighted by Gasteiger charge is 2.44. The zero-order valence-corrected chi connectivity index (χ0v) is 20.0. The van der Waals surface area contributed by atoms with Gasteiger partial charge in [-0.2, -0.15) is 0 Å². The van der Waals surface area contributed by atoms with Crippen LogP contribution in [0.25, 0.3) is 0 Å². The maximum atomic E-state index is 13.6. The van der Waals surface area contributed by atoms with Crippen molar-refractivity contribution in [1.82, 2.24) is 14.8 Å². The fourth-order valence-electron chi connectivity index (χ4n) is 4.31. The van der Waals surface area contributed by atoms with Crippen LogP contribution in [0.1, 0.15) is 38.9 Å². The van der Waals surface area contributed by atoms with Crippen LogP contribution in [0.2, 0.25) is 0 Å². The first kappa shape index (κ1) is 23.4. The first-order chi connectivity index (χ1) is 15.9. The van der Waals surface area contributed by atoms with Crippen LogP contribution in [0.15, 0.2) is 35.6 Å². The van der Waals surface area contributed by atoms with Gasteiger partial charge in [-0.3, -0.25) is 14.5 Å². The lowest BCUT2D eigenvalue weighted by Crippen LogP contribution is -2.43. The summed E-state index contributed by atoms with van der Waals surface area (Å²) in [5.74, 6) is -0.646. The van der Waals surface area contributed by atoms with Crippen molar-refractivity contribution in [1.29, 1.82) is 0 Å². The number of aliphatic hydroxyl groups is 1. The molecule has 0 unspecified atom stereocenters. The summed E-state index contributed by atoms with van der Waals surface area (Å²) in [4.78, 5) is 35.3. The van der Waals surface area contributed by atoms with E-state index in [1.54, 1.807) is 11.8 Å². The lowest BCUT2D eigenvalue weighted by molar-refractivity contribution is -0.129. The van der Waals surface area contributed by atoms with Crippen LogP contribution < -0.4 is 4.74 Å². The number of amides is 1. The minimum atomic E-state index is -0.677. The number of morpholine rings is 1. The molecule has 1 aromatic heterocycles. The van der Waals surface area contributed by atoms with E-state index >= 15 is 0 Å². The fourth-order valence-corrected chi connectivity index (χ4v) is 5.19. The zero-order valence-electron chi connectivity index (χ0n) is 19.2. The normalized spacial score (nSPS) is 19.4. The third-order valence-electron chi connectivity index (χ3n) is 5.93. The first-order valence-corrected chi connectivity index (χ1v) is 12.0. The molecule has 1 aromatic carbocycles. The van der Waals surface area contributed by atoms with Crippen molar-refractivity contribution in [2.75, 3.05) is 46.0 Å². The Kier molecular flexibility index (Phi) is 7.11. The summed E-state index contributed by atoms with van der Waals surface area (Å²) in [6.45, 7) is 9.99. The summed E-state index contributed by atoms with van der Waals surface area (Å²) < 4.78 is 11.0. The van der Waals surface area contributed by atoms with E-state index in [1.165, 1.54) is 11.3 Å². The number of hydrogen-bond donors (Lipinski definition) is 1. The quantitative estimate of drug-likeness (QED) is 0.592. The lowest BCUT2D eigenvalue weighted by Gasteiger charge is -2.31. The van der Waals surface area contributed by atoms with Gasteiger partial charge in [0.15, 0.2) is 5.76 Å². The van der Waals surface area contributed by atoms with Gasteiger partial charge in [0, 0.05) is 26.2 Å². The van der Waals surface area contributed by atoms with Crippen molar-refractivity contribution in [3.63, 3.8) is 0 Å². The summed E-state index contributed by atoms with van der Waals surface area (Å²) in [6.07, 6.45) is 0. The highest BCUT2D eigenvalue weighted by atomic mass is 32.1. The Morgan fingerprint density at radius 1 is 1.21 bits per heavy atom. The van der Waals surface area contributed by atoms with E-state index in [0.717, 1.165) is 23.7 Å². The number of aryl methyl sites for hydroxylation is 2. The van der Waals surface area contributed by atoms with Crippen LogP contribution in [0, 0.1) is 13.8 Å². The molecule has 0 spiro atoms. The van der Waals surface area contributed by atoms with Crippen LogP contribution in [-0.4, -0.2) is 77.6 Å². The fraction of sp³-hybridized carbons (Fsp3) is 0.458. The maximum Gasteiger partial charge on any atom is 0.290 e. The van der Waals surface area contributed by atoms with Gasteiger partial charge in [-0.05, 0) is 38.5 Å². The minimum absolute atomic E-state index is 0.109. The maximum absolute atomic E-state index is 13.6. The molecule has 0 saturated carbocycles. The third kappa shape index (κ3) is 4.80. The number of aromatic nitrogens is 1. The molecule has 176 valence electrons. The van der Waals surface area contributed by atoms with E-state index in [1.807, 2.05) is 38.1 Å². The number of thiazole rings is 1. The van der Waals surface area contributed by atoms with Crippen LogP contribution in [0.3, 0.4) is 0 Å². The minimum Gasteiger partial charge on any atom is -0.503 e. The zero-order chi connectivity index (χ0) is 23.5. The molecule has 2 aromatic rings. The van der Waals surface area contributed by atoms with E-state index in [2.05, 4.69) is 9.88 Å². The average molecular weight is 472 g/mol. The molecule has 0 aliphatic carbocycles. The number of carbonyl (C=O) groups is 2. The van der Waals surface area contributed by atoms with Gasteiger partial charge in [-0.25, -0.2) is 4.98 Å². The number of nitrogens with zero attached hydrogens (tertiary/aromatic N) is 3. The van der Waals surface area contributed by atoms with E-state index in [0.29, 0.717) is 49.2 Å². The van der Waals surface area contributed by atoms with Gasteiger partial charge >= 0.3 is 0 Å². The topological polar surface area (TPSA) is 92.2 Å². The first-order valence-electron chi connectivity index (χ1n) is 11.2. The van der Waals surface area contributed by atoms with Gasteiger partial charge in [0.2, 0.25) is 5.78 Å². The van der Waals surface area contributed by atoms with E-state index in [-0.39, 0.29) is 11.4 Å². The molecule has 9 heteroatoms. The molecule has 1 N–H and O–H groups in total. The standard InChI is InChI=1S/C24H29N3O5S/c1-4-32-18-7-5-17(6-8-18)20-19(21(28)23-15(2)25-16(3)33-23)22(29)24(30)27(20)10-9-26-11-13-31-14-12-26/h5-8,20,29H,4,9-14H2,1-3H3/t20-/m0/s1.